The first-order chi connectivity index (χ1) is 5.75. The van der Waals surface area contributed by atoms with E-state index in [9.17, 15) is 0 Å². The van der Waals surface area contributed by atoms with Gasteiger partial charge in [-0.3, -0.25) is 4.90 Å². The van der Waals surface area contributed by atoms with Crippen molar-refractivity contribution in [2.24, 2.45) is 0 Å². The summed E-state index contributed by atoms with van der Waals surface area (Å²) in [6, 6.07) is 1.68. The van der Waals surface area contributed by atoms with Crippen LogP contribution in [0.2, 0.25) is 0 Å². The summed E-state index contributed by atoms with van der Waals surface area (Å²) in [5.74, 6) is 0. The fourth-order valence-electron chi connectivity index (χ4n) is 1.92. The van der Waals surface area contributed by atoms with Gasteiger partial charge in [0.2, 0.25) is 0 Å². The van der Waals surface area contributed by atoms with Crippen molar-refractivity contribution in [1.29, 1.82) is 0 Å². The van der Waals surface area contributed by atoms with Gasteiger partial charge in [-0.15, -0.1) is 0 Å². The molecule has 1 heteroatoms. The van der Waals surface area contributed by atoms with E-state index in [1.807, 2.05) is 0 Å². The highest BCUT2D eigenvalue weighted by molar-refractivity contribution is 4.81. The molecule has 1 saturated carbocycles. The van der Waals surface area contributed by atoms with Crippen LogP contribution in [0.15, 0.2) is 0 Å². The number of nitrogens with zero attached hydrogens (tertiary/aromatic N) is 1. The predicted octanol–water partition coefficient (Wildman–Crippen LogP) is 3.05. The third-order valence-corrected chi connectivity index (χ3v) is 2.98. The molecule has 0 spiro atoms. The van der Waals surface area contributed by atoms with Crippen LogP contribution in [0.3, 0.4) is 0 Å². The minimum Gasteiger partial charge on any atom is -0.298 e. The van der Waals surface area contributed by atoms with Crippen LogP contribution in [0, 0.1) is 0 Å². The van der Waals surface area contributed by atoms with Gasteiger partial charge in [-0.1, -0.05) is 19.8 Å². The van der Waals surface area contributed by atoms with E-state index < -0.39 is 0 Å². The maximum atomic E-state index is 2.69. The van der Waals surface area contributed by atoms with Crippen LogP contribution in [0.1, 0.15) is 52.9 Å². The zero-order chi connectivity index (χ0) is 8.97. The molecule has 0 heterocycles. The predicted molar refractivity (Wildman–Crippen MR) is 54.4 cm³/mol. The van der Waals surface area contributed by atoms with E-state index in [4.69, 9.17) is 0 Å². The molecule has 0 amide bonds. The average molecular weight is 169 g/mol. The van der Waals surface area contributed by atoms with E-state index in [2.05, 4.69) is 25.7 Å². The van der Waals surface area contributed by atoms with Crippen LogP contribution in [0.4, 0.5) is 0 Å². The van der Waals surface area contributed by atoms with Gasteiger partial charge in [0.15, 0.2) is 0 Å². The minimum absolute atomic E-state index is 0.752. The Hall–Kier alpha value is -0.0400. The fraction of sp³-hybridized carbons (Fsp3) is 1.00. The Kier molecular flexibility index (Phi) is 4.07. The van der Waals surface area contributed by atoms with Crippen LogP contribution < -0.4 is 0 Å². The van der Waals surface area contributed by atoms with Gasteiger partial charge >= 0.3 is 0 Å². The highest BCUT2D eigenvalue weighted by Crippen LogP contribution is 2.26. The molecule has 72 valence electrons. The molecule has 1 nitrogen and oxygen atoms in total. The second kappa shape index (κ2) is 4.86. The van der Waals surface area contributed by atoms with Gasteiger partial charge in [0.1, 0.15) is 0 Å². The summed E-state index contributed by atoms with van der Waals surface area (Å²) >= 11 is 0. The number of hydrogen-bond donors (Lipinski definition) is 0. The molecular formula is C11H23N. The molecule has 0 bridgehead atoms. The molecule has 0 radical (unpaired) electrons. The quantitative estimate of drug-likeness (QED) is 0.611. The van der Waals surface area contributed by atoms with Crippen LogP contribution >= 0.6 is 0 Å². The molecule has 0 saturated heterocycles. The summed E-state index contributed by atoms with van der Waals surface area (Å²) in [7, 11) is 0. The zero-order valence-corrected chi connectivity index (χ0v) is 8.84. The van der Waals surface area contributed by atoms with Crippen LogP contribution in [0.25, 0.3) is 0 Å². The van der Waals surface area contributed by atoms with E-state index in [0.717, 1.165) is 12.1 Å². The van der Waals surface area contributed by atoms with Crippen molar-refractivity contribution in [2.75, 3.05) is 6.54 Å². The Morgan fingerprint density at radius 1 is 1.33 bits per heavy atom. The Balaban J connectivity index is 2.27. The van der Waals surface area contributed by atoms with Gasteiger partial charge in [0.05, 0.1) is 0 Å². The largest absolute Gasteiger partial charge is 0.298 e. The van der Waals surface area contributed by atoms with E-state index >= 15 is 0 Å². The van der Waals surface area contributed by atoms with Crippen molar-refractivity contribution in [1.82, 2.24) is 4.90 Å². The van der Waals surface area contributed by atoms with Gasteiger partial charge in [-0.05, 0) is 39.7 Å². The first-order valence-corrected chi connectivity index (χ1v) is 5.51. The first kappa shape index (κ1) is 10.0. The Morgan fingerprint density at radius 2 is 2.00 bits per heavy atom. The van der Waals surface area contributed by atoms with Crippen LogP contribution in [-0.4, -0.2) is 23.5 Å². The number of rotatable bonds is 5. The standard InChI is InChI=1S/C11H23N/c1-4-5-9-12(10(2)3)11-7-6-8-11/h10-11H,4-9H2,1-3H3. The lowest BCUT2D eigenvalue weighted by molar-refractivity contribution is 0.0929. The third-order valence-electron chi connectivity index (χ3n) is 2.98. The number of unbranched alkanes of at least 4 members (excludes halogenated alkanes) is 1. The summed E-state index contributed by atoms with van der Waals surface area (Å²) in [6.45, 7) is 8.25. The lowest BCUT2D eigenvalue weighted by Crippen LogP contribution is -2.44. The lowest BCUT2D eigenvalue weighted by Gasteiger charge is -2.40. The zero-order valence-electron chi connectivity index (χ0n) is 8.84. The van der Waals surface area contributed by atoms with E-state index in [0.29, 0.717) is 0 Å². The second-order valence-corrected chi connectivity index (χ2v) is 4.27. The molecule has 1 fully saturated rings. The normalized spacial score (nSPS) is 18.8. The topological polar surface area (TPSA) is 3.24 Å². The average Bonchev–Trinajstić information content (AvgIpc) is 1.93. The fourth-order valence-corrected chi connectivity index (χ4v) is 1.92. The Bertz CT molecular complexity index is 116. The maximum Gasteiger partial charge on any atom is 0.00979 e. The molecule has 12 heavy (non-hydrogen) atoms. The minimum atomic E-state index is 0.752. The Labute approximate surface area is 77.1 Å². The van der Waals surface area contributed by atoms with Crippen LogP contribution in [-0.2, 0) is 0 Å². The summed E-state index contributed by atoms with van der Waals surface area (Å²) < 4.78 is 0. The van der Waals surface area contributed by atoms with Gasteiger partial charge in [0, 0.05) is 12.1 Å². The maximum absolute atomic E-state index is 2.69. The van der Waals surface area contributed by atoms with Crippen molar-refractivity contribution in [3.8, 4) is 0 Å². The molecule has 0 unspecified atom stereocenters. The molecule has 0 aliphatic heterocycles. The van der Waals surface area contributed by atoms with Crippen molar-refractivity contribution in [2.45, 2.75) is 65.0 Å². The molecule has 1 aliphatic carbocycles. The van der Waals surface area contributed by atoms with Crippen molar-refractivity contribution in [3.63, 3.8) is 0 Å². The molecule has 1 aliphatic rings. The third kappa shape index (κ3) is 2.48. The van der Waals surface area contributed by atoms with Crippen molar-refractivity contribution >= 4 is 0 Å². The summed E-state index contributed by atoms with van der Waals surface area (Å²) in [4.78, 5) is 2.69. The van der Waals surface area contributed by atoms with Gasteiger partial charge in [-0.2, -0.15) is 0 Å². The van der Waals surface area contributed by atoms with E-state index in [-0.39, 0.29) is 0 Å². The number of hydrogen-bond acceptors (Lipinski definition) is 1. The monoisotopic (exact) mass is 169 g/mol. The lowest BCUT2D eigenvalue weighted by atomic mass is 9.90. The SMILES string of the molecule is CCCCN(C(C)C)C1CCC1. The van der Waals surface area contributed by atoms with E-state index in [1.54, 1.807) is 0 Å². The molecule has 0 atom stereocenters. The molecule has 0 N–H and O–H groups in total. The molecule has 1 rings (SSSR count). The summed E-state index contributed by atoms with van der Waals surface area (Å²) in [6.07, 6.45) is 7.05. The Morgan fingerprint density at radius 3 is 2.33 bits per heavy atom. The van der Waals surface area contributed by atoms with Crippen LogP contribution in [0.5, 0.6) is 0 Å². The highest BCUT2D eigenvalue weighted by Gasteiger charge is 2.25. The van der Waals surface area contributed by atoms with Gasteiger partial charge in [-0.25, -0.2) is 0 Å². The molecule has 0 aromatic rings. The van der Waals surface area contributed by atoms with Gasteiger partial charge < -0.3 is 0 Å². The van der Waals surface area contributed by atoms with E-state index in [1.165, 1.54) is 38.6 Å². The second-order valence-electron chi connectivity index (χ2n) is 4.27. The van der Waals surface area contributed by atoms with Crippen molar-refractivity contribution < 1.29 is 0 Å². The highest BCUT2D eigenvalue weighted by atomic mass is 15.2. The summed E-state index contributed by atoms with van der Waals surface area (Å²) in [5, 5.41) is 0. The first-order valence-electron chi connectivity index (χ1n) is 5.51. The van der Waals surface area contributed by atoms with Crippen molar-refractivity contribution in [3.05, 3.63) is 0 Å². The smallest absolute Gasteiger partial charge is 0.00979 e. The van der Waals surface area contributed by atoms with Gasteiger partial charge in [0.25, 0.3) is 0 Å². The molecule has 0 aromatic carbocycles. The molecule has 0 aromatic heterocycles. The summed E-state index contributed by atoms with van der Waals surface area (Å²) in [5.41, 5.74) is 0. The molecular weight excluding hydrogens is 146 g/mol.